The zero-order chi connectivity index (χ0) is 47.8. The van der Waals surface area contributed by atoms with Crippen LogP contribution in [0.3, 0.4) is 0 Å². The Balaban J connectivity index is 0.995. The van der Waals surface area contributed by atoms with E-state index in [9.17, 15) is 43.5 Å². The monoisotopic (exact) mass is 906 g/mol. The molecule has 1 atom stereocenters. The van der Waals surface area contributed by atoms with Gasteiger partial charge in [0.2, 0.25) is 23.6 Å². The van der Waals surface area contributed by atoms with Gasteiger partial charge in [0, 0.05) is 74.8 Å². The van der Waals surface area contributed by atoms with Crippen LogP contribution in [0.25, 0.3) is 11.0 Å². The molecular formula is C49H62N8O9. The van der Waals surface area contributed by atoms with E-state index in [2.05, 4.69) is 31.2 Å². The average Bonchev–Trinajstić information content (AvgIpc) is 3.61. The van der Waals surface area contributed by atoms with Gasteiger partial charge in [-0.2, -0.15) is 0 Å². The summed E-state index contributed by atoms with van der Waals surface area (Å²) in [4.78, 5) is 111. The molecule has 5 rings (SSSR count). The van der Waals surface area contributed by atoms with Crippen molar-refractivity contribution in [1.29, 1.82) is 0 Å². The Kier molecular flexibility index (Phi) is 18.1. The average molecular weight is 907 g/mol. The highest BCUT2D eigenvalue weighted by atomic mass is 16.4. The van der Waals surface area contributed by atoms with E-state index in [0.29, 0.717) is 67.0 Å². The number of amides is 5. The van der Waals surface area contributed by atoms with Gasteiger partial charge >= 0.3 is 5.97 Å². The molecule has 0 saturated heterocycles. The van der Waals surface area contributed by atoms with Crippen molar-refractivity contribution in [2.45, 2.75) is 122 Å². The van der Waals surface area contributed by atoms with Crippen molar-refractivity contribution in [3.05, 3.63) is 89.2 Å². The molecule has 17 heteroatoms. The van der Waals surface area contributed by atoms with E-state index in [1.807, 2.05) is 50.2 Å². The summed E-state index contributed by atoms with van der Waals surface area (Å²) < 4.78 is 0. The van der Waals surface area contributed by atoms with Crippen molar-refractivity contribution >= 4 is 69.5 Å². The topological polar surface area (TPSA) is 240 Å². The number of benzene rings is 3. The number of aliphatic carboxylic acids is 1. The van der Waals surface area contributed by atoms with Gasteiger partial charge in [0.05, 0.1) is 30.4 Å². The van der Waals surface area contributed by atoms with Crippen molar-refractivity contribution in [1.82, 2.24) is 30.4 Å². The zero-order valence-corrected chi connectivity index (χ0v) is 38.3. The number of nitrogens with zero attached hydrogens (tertiary/aromatic N) is 3. The summed E-state index contributed by atoms with van der Waals surface area (Å²) in [7, 11) is 1.69. The summed E-state index contributed by atoms with van der Waals surface area (Å²) in [6, 6.07) is 18.8. The predicted octanol–water partition coefficient (Wildman–Crippen LogP) is 5.68. The lowest BCUT2D eigenvalue weighted by Gasteiger charge is -2.39. The maximum absolute atomic E-state index is 13.9. The van der Waals surface area contributed by atoms with Crippen LogP contribution in [0.2, 0.25) is 0 Å². The van der Waals surface area contributed by atoms with Crippen molar-refractivity contribution in [2.75, 3.05) is 30.8 Å². The number of carboxylic acid groups (broad SMARTS) is 1. The minimum absolute atomic E-state index is 0.0548. The summed E-state index contributed by atoms with van der Waals surface area (Å²) in [5.41, 5.74) is 4.04. The molecule has 0 unspecified atom stereocenters. The molecule has 0 saturated carbocycles. The molecule has 4 aromatic rings. The molecule has 352 valence electrons. The van der Waals surface area contributed by atoms with Gasteiger partial charge in [-0.1, -0.05) is 30.7 Å². The summed E-state index contributed by atoms with van der Waals surface area (Å²) in [5, 5.41) is 21.4. The summed E-state index contributed by atoms with van der Waals surface area (Å²) in [6.07, 6.45) is 3.76. The number of anilines is 2. The summed E-state index contributed by atoms with van der Waals surface area (Å²) >= 11 is 0. The fourth-order valence-electron chi connectivity index (χ4n) is 7.78. The van der Waals surface area contributed by atoms with Crippen LogP contribution in [0.1, 0.15) is 119 Å². The zero-order valence-electron chi connectivity index (χ0n) is 38.3. The number of aryl methyl sites for hydroxylation is 1. The molecule has 0 aliphatic carbocycles. The molecule has 0 bridgehead atoms. The molecule has 66 heavy (non-hydrogen) atoms. The van der Waals surface area contributed by atoms with E-state index >= 15 is 0 Å². The van der Waals surface area contributed by atoms with Crippen molar-refractivity contribution in [3.63, 3.8) is 0 Å². The molecule has 1 aliphatic heterocycles. The number of carbonyl (C=O) groups excluding carboxylic acids is 7. The number of carboxylic acids is 1. The van der Waals surface area contributed by atoms with E-state index in [1.165, 1.54) is 6.92 Å². The third-order valence-electron chi connectivity index (χ3n) is 11.5. The number of ketones is 2. The van der Waals surface area contributed by atoms with Crippen LogP contribution in [0.5, 0.6) is 0 Å². The predicted molar refractivity (Wildman–Crippen MR) is 249 cm³/mol. The number of aromatic nitrogens is 2. The number of para-hydroxylation sites is 2. The first kappa shape index (κ1) is 50.1. The number of aromatic amines is 1. The number of Topliss-reactive ketones (excluding diaryl/α,β-unsaturated/α-hetero) is 2. The molecule has 0 fully saturated rings. The first-order valence-electron chi connectivity index (χ1n) is 22.5. The fraction of sp³-hybridized carbons (Fsp3) is 0.449. The number of rotatable bonds is 25. The minimum Gasteiger partial charge on any atom is -0.481 e. The number of carbonyl (C=O) groups is 8. The van der Waals surface area contributed by atoms with Gasteiger partial charge in [-0.15, -0.1) is 0 Å². The minimum atomic E-state index is -1.13. The van der Waals surface area contributed by atoms with E-state index < -0.39 is 29.9 Å². The smallest absolute Gasteiger partial charge is 0.305 e. The van der Waals surface area contributed by atoms with Crippen molar-refractivity contribution in [2.24, 2.45) is 0 Å². The highest BCUT2D eigenvalue weighted by Gasteiger charge is 2.38. The SMILES string of the molecule is CC(=O)CC(=O)CCc1ccc(NC(=O)CCCC(=O)NCCCCCC(=O)NCCC(C)(C)N2Cc3cc(C(=O)N(C)Cc4nc5ccccc5[nH]4)ccc3N[C@@H](CC(=O)O)C2=O)cc1. The van der Waals surface area contributed by atoms with Gasteiger partial charge in [-0.25, -0.2) is 4.98 Å². The van der Waals surface area contributed by atoms with Gasteiger partial charge < -0.3 is 41.2 Å². The van der Waals surface area contributed by atoms with Crippen molar-refractivity contribution in [3.8, 4) is 0 Å². The first-order valence-corrected chi connectivity index (χ1v) is 22.5. The van der Waals surface area contributed by atoms with E-state index in [4.69, 9.17) is 0 Å². The number of hydrogen-bond donors (Lipinski definition) is 6. The molecule has 17 nitrogen and oxygen atoms in total. The Hall–Kier alpha value is -6.91. The van der Waals surface area contributed by atoms with Gasteiger partial charge in [0.1, 0.15) is 23.4 Å². The Labute approximate surface area is 384 Å². The van der Waals surface area contributed by atoms with E-state index in [1.54, 1.807) is 47.2 Å². The number of fused-ring (bicyclic) bond motifs is 2. The quantitative estimate of drug-likeness (QED) is 0.0349. The van der Waals surface area contributed by atoms with Gasteiger partial charge in [-0.05, 0) is 106 Å². The second kappa shape index (κ2) is 23.9. The van der Waals surface area contributed by atoms with Crippen molar-refractivity contribution < 1.29 is 43.5 Å². The lowest BCUT2D eigenvalue weighted by molar-refractivity contribution is -0.144. The van der Waals surface area contributed by atoms with Crippen LogP contribution in [-0.2, 0) is 53.1 Å². The lowest BCUT2D eigenvalue weighted by Crippen LogP contribution is -2.52. The van der Waals surface area contributed by atoms with Gasteiger partial charge in [0.25, 0.3) is 5.91 Å². The molecule has 1 aliphatic rings. The van der Waals surface area contributed by atoms with Gasteiger partial charge in [-0.3, -0.25) is 38.4 Å². The van der Waals surface area contributed by atoms with E-state index in [0.717, 1.165) is 23.0 Å². The molecular weight excluding hydrogens is 845 g/mol. The number of imidazole rings is 1. The molecule has 0 radical (unpaired) electrons. The number of hydrogen-bond acceptors (Lipinski definition) is 10. The second-order valence-corrected chi connectivity index (χ2v) is 17.5. The van der Waals surface area contributed by atoms with Crippen LogP contribution in [-0.4, -0.2) is 104 Å². The summed E-state index contributed by atoms with van der Waals surface area (Å²) in [5.74, 6) is -1.89. The van der Waals surface area contributed by atoms with Crippen LogP contribution in [0.4, 0.5) is 11.4 Å². The Morgan fingerprint density at radius 2 is 1.55 bits per heavy atom. The first-order chi connectivity index (χ1) is 31.5. The molecule has 5 amide bonds. The maximum atomic E-state index is 13.9. The Bertz CT molecular complexity index is 2360. The molecule has 3 aromatic carbocycles. The highest BCUT2D eigenvalue weighted by molar-refractivity contribution is 5.98. The third kappa shape index (κ3) is 15.4. The molecule has 2 heterocycles. The standard InChI is InChI=1S/C49H62N8O9/c1-32(58)27-37(59)22-18-33-16-20-36(21-17-33)52-45(62)15-10-14-44(61)50-25-9-5-6-13-43(60)51-26-24-49(2,3)57-30-35-28-34(19-23-38(35)53-41(48(57)66)29-46(63)64)47(65)56(4)31-42-54-39-11-7-8-12-40(39)55-42/h7-8,11-12,16-17,19-21,23,28,41,53H,5-6,9-10,13-15,18,22,24-27,29-31H2,1-4H3,(H,50,61)(H,51,60)(H,52,62)(H,54,55)(H,63,64)/t41-/m0/s1. The largest absolute Gasteiger partial charge is 0.481 e. The van der Waals surface area contributed by atoms with Crippen LogP contribution >= 0.6 is 0 Å². The van der Waals surface area contributed by atoms with E-state index in [-0.39, 0.29) is 86.9 Å². The highest BCUT2D eigenvalue weighted by Crippen LogP contribution is 2.31. The Morgan fingerprint density at radius 1 is 0.848 bits per heavy atom. The normalized spacial score (nSPS) is 13.5. The van der Waals surface area contributed by atoms with Gasteiger partial charge in [0.15, 0.2) is 0 Å². The second-order valence-electron chi connectivity index (χ2n) is 17.5. The third-order valence-corrected chi connectivity index (χ3v) is 11.5. The maximum Gasteiger partial charge on any atom is 0.305 e. The number of unbranched alkanes of at least 4 members (excludes halogenated alkanes) is 2. The molecule has 6 N–H and O–H groups in total. The molecule has 1 aromatic heterocycles. The lowest BCUT2D eigenvalue weighted by atomic mass is 9.95. The fourth-order valence-corrected chi connectivity index (χ4v) is 7.78. The van der Waals surface area contributed by atoms with Crippen LogP contribution < -0.4 is 21.3 Å². The van der Waals surface area contributed by atoms with Crippen LogP contribution in [0.15, 0.2) is 66.7 Å². The number of nitrogens with one attached hydrogen (secondary N) is 5. The summed E-state index contributed by atoms with van der Waals surface area (Å²) in [6.45, 7) is 6.22. The Morgan fingerprint density at radius 3 is 2.26 bits per heavy atom. The van der Waals surface area contributed by atoms with Crippen LogP contribution in [0, 0.1) is 0 Å². The molecule has 0 spiro atoms. The number of H-pyrrole nitrogens is 1.